The number of nitrogens with one attached hydrogen (secondary N) is 2. The highest BCUT2D eigenvalue weighted by atomic mass is 16.3. The molecule has 51 heavy (non-hydrogen) atoms. The molecule has 3 aromatic heterocycles. The number of benzene rings is 7. The van der Waals surface area contributed by atoms with Gasteiger partial charge in [-0.2, -0.15) is 0 Å². The van der Waals surface area contributed by atoms with Crippen LogP contribution in [0.2, 0.25) is 0 Å². The van der Waals surface area contributed by atoms with E-state index in [0.717, 1.165) is 72.0 Å². The van der Waals surface area contributed by atoms with Crippen molar-refractivity contribution < 1.29 is 4.42 Å². The molecule has 10 aromatic rings. The Morgan fingerprint density at radius 1 is 0.451 bits per heavy atom. The van der Waals surface area contributed by atoms with Crippen LogP contribution in [-0.4, -0.2) is 15.1 Å². The molecule has 4 heterocycles. The maximum atomic E-state index is 6.49. The molecule has 0 aliphatic carbocycles. The van der Waals surface area contributed by atoms with Gasteiger partial charge in [0.1, 0.15) is 23.5 Å². The second kappa shape index (κ2) is 10.9. The average Bonchev–Trinajstić information content (AvgIpc) is 3.83. The van der Waals surface area contributed by atoms with Gasteiger partial charge in [-0.1, -0.05) is 115 Å². The van der Waals surface area contributed by atoms with Crippen molar-refractivity contribution in [3.63, 3.8) is 0 Å². The number of fused-ring (bicyclic) bond motifs is 9. The zero-order valence-corrected chi connectivity index (χ0v) is 27.5. The number of nitrogens with zero attached hydrogens (tertiary/aromatic N) is 3. The molecule has 2 unspecified atom stereocenters. The van der Waals surface area contributed by atoms with E-state index in [-0.39, 0.29) is 12.3 Å². The van der Waals surface area contributed by atoms with E-state index >= 15 is 0 Å². The van der Waals surface area contributed by atoms with E-state index in [1.807, 2.05) is 18.2 Å². The average molecular weight is 658 g/mol. The van der Waals surface area contributed by atoms with Crippen LogP contribution < -0.4 is 10.6 Å². The smallest absolute Gasteiger partial charge is 0.206 e. The largest absolute Gasteiger partial charge is 0.456 e. The number of aliphatic imine (C=N–C) groups is 1. The Morgan fingerprint density at radius 2 is 1.04 bits per heavy atom. The maximum Gasteiger partial charge on any atom is 0.206 e. The Bertz CT molecular complexity index is 2970. The lowest BCUT2D eigenvalue weighted by molar-refractivity contribution is 0.403. The first kappa shape index (κ1) is 28.2. The highest BCUT2D eigenvalue weighted by Gasteiger charge is 2.28. The van der Waals surface area contributed by atoms with Crippen molar-refractivity contribution in [2.75, 3.05) is 0 Å². The minimum atomic E-state index is -0.269. The van der Waals surface area contributed by atoms with E-state index in [1.165, 1.54) is 16.3 Å². The molecule has 0 fully saturated rings. The number of aromatic nitrogens is 2. The molecule has 1 aliphatic rings. The summed E-state index contributed by atoms with van der Waals surface area (Å²) in [6.45, 7) is 0. The Balaban J connectivity index is 1.26. The van der Waals surface area contributed by atoms with Crippen LogP contribution in [0.1, 0.15) is 23.5 Å². The zero-order chi connectivity index (χ0) is 33.5. The molecule has 7 aromatic carbocycles. The third-order valence-corrected chi connectivity index (χ3v) is 10.4. The summed E-state index contributed by atoms with van der Waals surface area (Å²) in [7, 11) is 0. The molecule has 0 saturated carbocycles. The lowest BCUT2D eigenvalue weighted by Crippen LogP contribution is -2.47. The van der Waals surface area contributed by atoms with Gasteiger partial charge < -0.3 is 14.3 Å². The van der Waals surface area contributed by atoms with E-state index in [2.05, 4.69) is 165 Å². The standard InChI is InChI=1S/C45H31N5O/c1-4-14-28(15-5-1)43-46-44(29-16-6-2-7-17-29)48-45(47-43)50-39-26-38-33(31-20-10-12-22-37(31)49(38)30-18-8-3-9-19-30)24-34(39)35-25-36-32-21-11-13-23-41(32)51-42(36)27-40(35)50/h1-27,43-44,46H,(H,47,48). The van der Waals surface area contributed by atoms with Crippen molar-refractivity contribution in [1.82, 2.24) is 19.8 Å². The predicted octanol–water partition coefficient (Wildman–Crippen LogP) is 10.6. The van der Waals surface area contributed by atoms with Crippen molar-refractivity contribution in [3.05, 3.63) is 175 Å². The van der Waals surface area contributed by atoms with Gasteiger partial charge in [-0.15, -0.1) is 0 Å². The number of furan rings is 1. The zero-order valence-electron chi connectivity index (χ0n) is 27.5. The van der Waals surface area contributed by atoms with Crippen LogP contribution in [0.15, 0.2) is 173 Å². The Labute approximate surface area is 292 Å². The molecule has 2 N–H and O–H groups in total. The van der Waals surface area contributed by atoms with Gasteiger partial charge in [0, 0.05) is 44.1 Å². The molecule has 11 rings (SSSR count). The van der Waals surface area contributed by atoms with Crippen LogP contribution in [0.5, 0.6) is 0 Å². The molecule has 6 nitrogen and oxygen atoms in total. The summed E-state index contributed by atoms with van der Waals surface area (Å²) in [4.78, 5) is 5.42. The number of hydrogen-bond donors (Lipinski definition) is 2. The minimum Gasteiger partial charge on any atom is -0.456 e. The van der Waals surface area contributed by atoms with E-state index in [0.29, 0.717) is 0 Å². The molecule has 242 valence electrons. The molecule has 0 spiro atoms. The molecule has 0 bridgehead atoms. The van der Waals surface area contributed by atoms with E-state index < -0.39 is 0 Å². The van der Waals surface area contributed by atoms with Gasteiger partial charge in [0.2, 0.25) is 5.96 Å². The summed E-state index contributed by atoms with van der Waals surface area (Å²) >= 11 is 0. The monoisotopic (exact) mass is 657 g/mol. The van der Waals surface area contributed by atoms with Crippen molar-refractivity contribution in [2.45, 2.75) is 12.3 Å². The topological polar surface area (TPSA) is 59.4 Å². The second-order valence-electron chi connectivity index (χ2n) is 13.3. The first-order valence-electron chi connectivity index (χ1n) is 17.4. The Hall–Kier alpha value is -6.63. The lowest BCUT2D eigenvalue weighted by atomic mass is 10.1. The molecule has 6 heteroatoms. The normalized spacial score (nSPS) is 16.4. The number of rotatable bonds is 3. The first-order valence-corrected chi connectivity index (χ1v) is 17.4. The lowest BCUT2D eigenvalue weighted by Gasteiger charge is -2.32. The predicted molar refractivity (Wildman–Crippen MR) is 209 cm³/mol. The minimum absolute atomic E-state index is 0.175. The summed E-state index contributed by atoms with van der Waals surface area (Å²) in [6, 6.07) is 57.9. The Morgan fingerprint density at radius 3 is 1.82 bits per heavy atom. The fourth-order valence-electron chi connectivity index (χ4n) is 8.06. The van der Waals surface area contributed by atoms with Gasteiger partial charge >= 0.3 is 0 Å². The molecule has 2 atom stereocenters. The maximum absolute atomic E-state index is 6.49. The van der Waals surface area contributed by atoms with Crippen LogP contribution in [0.3, 0.4) is 0 Å². The van der Waals surface area contributed by atoms with Gasteiger partial charge in [-0.05, 0) is 53.6 Å². The van der Waals surface area contributed by atoms with Crippen LogP contribution in [-0.2, 0) is 0 Å². The van der Waals surface area contributed by atoms with Crippen LogP contribution >= 0.6 is 0 Å². The SMILES string of the molecule is c1ccc(C2N=C(n3c4cc5oc6ccccc6c5cc4c4cc5c6ccccc6n(-c6ccccc6)c5cc43)NC(c3ccccc3)N2)cc1. The van der Waals surface area contributed by atoms with Crippen molar-refractivity contribution in [3.8, 4) is 5.69 Å². The van der Waals surface area contributed by atoms with E-state index in [9.17, 15) is 0 Å². The molecular weight excluding hydrogens is 627 g/mol. The highest BCUT2D eigenvalue weighted by Crippen LogP contribution is 2.41. The van der Waals surface area contributed by atoms with E-state index in [4.69, 9.17) is 9.41 Å². The fourth-order valence-corrected chi connectivity index (χ4v) is 8.06. The third-order valence-electron chi connectivity index (χ3n) is 10.4. The van der Waals surface area contributed by atoms with Gasteiger partial charge in [-0.3, -0.25) is 9.88 Å². The second-order valence-corrected chi connectivity index (χ2v) is 13.3. The molecule has 1 aliphatic heterocycles. The van der Waals surface area contributed by atoms with E-state index in [1.54, 1.807) is 0 Å². The van der Waals surface area contributed by atoms with Crippen LogP contribution in [0.25, 0.3) is 71.2 Å². The van der Waals surface area contributed by atoms with Gasteiger partial charge in [0.15, 0.2) is 0 Å². The Kier molecular flexibility index (Phi) is 6.05. The van der Waals surface area contributed by atoms with Crippen molar-refractivity contribution in [2.24, 2.45) is 4.99 Å². The summed E-state index contributed by atoms with van der Waals surface area (Å²) < 4.78 is 11.2. The van der Waals surface area contributed by atoms with Crippen molar-refractivity contribution in [1.29, 1.82) is 0 Å². The quantitative estimate of drug-likeness (QED) is 0.199. The summed E-state index contributed by atoms with van der Waals surface area (Å²) in [5.41, 5.74) is 9.52. The summed E-state index contributed by atoms with van der Waals surface area (Å²) in [6.07, 6.45) is -0.444. The number of para-hydroxylation sites is 3. The molecule has 0 radical (unpaired) electrons. The molecular formula is C45H31N5O. The molecule has 0 saturated heterocycles. The summed E-state index contributed by atoms with van der Waals surface area (Å²) in [5, 5.41) is 14.5. The molecule has 0 amide bonds. The summed E-state index contributed by atoms with van der Waals surface area (Å²) in [5.74, 6) is 0.772. The number of hydrogen-bond acceptors (Lipinski definition) is 4. The van der Waals surface area contributed by atoms with Gasteiger partial charge in [0.05, 0.1) is 22.1 Å². The van der Waals surface area contributed by atoms with Gasteiger partial charge in [-0.25, -0.2) is 4.99 Å². The van der Waals surface area contributed by atoms with Gasteiger partial charge in [0.25, 0.3) is 0 Å². The highest BCUT2D eigenvalue weighted by molar-refractivity contribution is 6.24. The first-order chi connectivity index (χ1) is 25.3. The third kappa shape index (κ3) is 4.30. The fraction of sp³-hybridized carbons (Fsp3) is 0.0444. The van der Waals surface area contributed by atoms with Crippen LogP contribution in [0.4, 0.5) is 0 Å². The van der Waals surface area contributed by atoms with Crippen LogP contribution in [0, 0.1) is 0 Å². The van der Waals surface area contributed by atoms with Crippen molar-refractivity contribution >= 4 is 71.5 Å².